The van der Waals surface area contributed by atoms with Gasteiger partial charge in [0, 0.05) is 18.2 Å². The third-order valence-corrected chi connectivity index (χ3v) is 6.92. The highest BCUT2D eigenvalue weighted by molar-refractivity contribution is 5.86. The van der Waals surface area contributed by atoms with Crippen molar-refractivity contribution in [1.29, 1.82) is 0 Å². The fourth-order valence-corrected chi connectivity index (χ4v) is 4.99. The lowest BCUT2D eigenvalue weighted by molar-refractivity contribution is -0.136. The first-order valence-electron chi connectivity index (χ1n) is 12.6. The van der Waals surface area contributed by atoms with E-state index in [0.29, 0.717) is 6.42 Å². The van der Waals surface area contributed by atoms with Crippen LogP contribution in [0.2, 0.25) is 0 Å². The molecule has 5 nitrogen and oxygen atoms in total. The quantitative estimate of drug-likeness (QED) is 0.253. The van der Waals surface area contributed by atoms with Gasteiger partial charge in [-0.25, -0.2) is 0 Å². The number of hydrogen-bond acceptors (Lipinski definition) is 4. The van der Waals surface area contributed by atoms with Gasteiger partial charge in [-0.2, -0.15) is 0 Å². The van der Waals surface area contributed by atoms with Crippen molar-refractivity contribution in [2.75, 3.05) is 18.0 Å². The zero-order chi connectivity index (χ0) is 24.9. The maximum absolute atomic E-state index is 10.9. The molecular formula is C31H33ClN2O3. The fourth-order valence-electron chi connectivity index (χ4n) is 4.99. The van der Waals surface area contributed by atoms with Gasteiger partial charge in [0.2, 0.25) is 0 Å². The summed E-state index contributed by atoms with van der Waals surface area (Å²) in [5.74, 6) is 0.123. The molecule has 0 spiro atoms. The number of nitrogens with zero attached hydrogens (tertiary/aromatic N) is 1. The van der Waals surface area contributed by atoms with Crippen LogP contribution in [-0.2, 0) is 11.2 Å². The summed E-state index contributed by atoms with van der Waals surface area (Å²) in [6, 6.07) is 31.6. The zero-order valence-corrected chi connectivity index (χ0v) is 21.8. The summed E-state index contributed by atoms with van der Waals surface area (Å²) in [5, 5.41) is 15.2. The molecule has 0 fully saturated rings. The number of rotatable bonds is 9. The molecule has 0 radical (unpaired) electrons. The van der Waals surface area contributed by atoms with Crippen LogP contribution in [0.5, 0.6) is 5.75 Å². The zero-order valence-electron chi connectivity index (χ0n) is 21.0. The van der Waals surface area contributed by atoms with E-state index in [9.17, 15) is 4.79 Å². The smallest absolute Gasteiger partial charge is 0.303 e. The van der Waals surface area contributed by atoms with Gasteiger partial charge in [-0.3, -0.25) is 4.79 Å². The minimum absolute atomic E-state index is 0. The lowest BCUT2D eigenvalue weighted by Crippen LogP contribution is -2.39. The molecule has 0 aromatic heterocycles. The minimum atomic E-state index is -0.771. The van der Waals surface area contributed by atoms with E-state index in [4.69, 9.17) is 9.84 Å². The Morgan fingerprint density at radius 3 is 2.54 bits per heavy atom. The third kappa shape index (κ3) is 6.24. The molecule has 1 aliphatic heterocycles. The molecule has 1 unspecified atom stereocenters. The van der Waals surface area contributed by atoms with Gasteiger partial charge in [0.25, 0.3) is 0 Å². The van der Waals surface area contributed by atoms with Crippen LogP contribution in [0.15, 0.2) is 91.0 Å². The second-order valence-electron chi connectivity index (χ2n) is 9.41. The normalized spacial score (nSPS) is 15.4. The molecule has 0 saturated heterocycles. The SMILES string of the molecule is C[C@@H](NCCC1CN(c2ccc(CCC(=O)O)cc2)c2ccccc2O1)c1cccc2ccccc12.Cl. The number of para-hydroxylation sites is 2. The molecule has 0 amide bonds. The average Bonchev–Trinajstić information content (AvgIpc) is 2.91. The van der Waals surface area contributed by atoms with Crippen LogP contribution in [0.25, 0.3) is 10.8 Å². The lowest BCUT2D eigenvalue weighted by Gasteiger charge is -2.36. The number of carboxylic acid groups (broad SMARTS) is 1. The number of benzene rings is 4. The molecule has 0 saturated carbocycles. The van der Waals surface area contributed by atoms with Gasteiger partial charge in [-0.15, -0.1) is 12.4 Å². The highest BCUT2D eigenvalue weighted by Crippen LogP contribution is 2.38. The van der Waals surface area contributed by atoms with Crippen molar-refractivity contribution in [2.45, 2.75) is 38.3 Å². The van der Waals surface area contributed by atoms with Gasteiger partial charge in [0.05, 0.1) is 12.2 Å². The van der Waals surface area contributed by atoms with E-state index in [2.05, 4.69) is 77.8 Å². The first-order valence-corrected chi connectivity index (χ1v) is 12.6. The van der Waals surface area contributed by atoms with E-state index in [0.717, 1.165) is 42.2 Å². The second-order valence-corrected chi connectivity index (χ2v) is 9.41. The largest absolute Gasteiger partial charge is 0.486 e. The fraction of sp³-hybridized carbons (Fsp3) is 0.258. The van der Waals surface area contributed by atoms with Gasteiger partial charge in [0.1, 0.15) is 11.9 Å². The van der Waals surface area contributed by atoms with E-state index < -0.39 is 5.97 Å². The highest BCUT2D eigenvalue weighted by atomic mass is 35.5. The first kappa shape index (κ1) is 26.5. The Bertz CT molecular complexity index is 1340. The Morgan fingerprint density at radius 2 is 1.73 bits per heavy atom. The van der Waals surface area contributed by atoms with Crippen LogP contribution in [0, 0.1) is 0 Å². The maximum Gasteiger partial charge on any atom is 0.303 e. The highest BCUT2D eigenvalue weighted by Gasteiger charge is 2.26. The van der Waals surface area contributed by atoms with E-state index in [-0.39, 0.29) is 31.0 Å². The van der Waals surface area contributed by atoms with Gasteiger partial charge in [0.15, 0.2) is 0 Å². The van der Waals surface area contributed by atoms with Crippen molar-refractivity contribution < 1.29 is 14.6 Å². The Morgan fingerprint density at radius 1 is 1.00 bits per heavy atom. The summed E-state index contributed by atoms with van der Waals surface area (Å²) in [4.78, 5) is 13.2. The topological polar surface area (TPSA) is 61.8 Å². The van der Waals surface area contributed by atoms with Crippen LogP contribution >= 0.6 is 12.4 Å². The molecule has 5 rings (SSSR count). The average molecular weight is 517 g/mol. The molecule has 0 bridgehead atoms. The summed E-state index contributed by atoms with van der Waals surface area (Å²) < 4.78 is 6.38. The molecule has 2 N–H and O–H groups in total. The third-order valence-electron chi connectivity index (χ3n) is 6.92. The molecule has 4 aromatic carbocycles. The number of nitrogens with one attached hydrogen (secondary N) is 1. The minimum Gasteiger partial charge on any atom is -0.486 e. The summed E-state index contributed by atoms with van der Waals surface area (Å²) in [6.45, 7) is 3.83. The lowest BCUT2D eigenvalue weighted by atomic mass is 9.99. The molecule has 192 valence electrons. The second kappa shape index (κ2) is 12.1. The number of hydrogen-bond donors (Lipinski definition) is 2. The molecule has 37 heavy (non-hydrogen) atoms. The van der Waals surface area contributed by atoms with Gasteiger partial charge in [-0.1, -0.05) is 66.7 Å². The number of halogens is 1. The standard InChI is InChI=1S/C31H32N2O3.ClH/c1-22(27-10-6-8-24-7-2-3-9-28(24)27)32-20-19-26-21-33(29-11-4-5-12-30(29)36-26)25-16-13-23(14-17-25)15-18-31(34)35;/h2-14,16-17,22,26,32H,15,18-21H2,1H3,(H,34,35);1H/t22-,26?;/m1./s1. The molecule has 1 heterocycles. The molecular weight excluding hydrogens is 484 g/mol. The van der Waals surface area contributed by atoms with Crippen LogP contribution in [0.1, 0.15) is 36.9 Å². The Balaban J connectivity index is 0.00000320. The van der Waals surface area contributed by atoms with Crippen molar-refractivity contribution in [3.05, 3.63) is 102 Å². The van der Waals surface area contributed by atoms with Gasteiger partial charge >= 0.3 is 5.97 Å². The predicted octanol–water partition coefficient (Wildman–Crippen LogP) is 6.92. The van der Waals surface area contributed by atoms with Crippen molar-refractivity contribution in [1.82, 2.24) is 5.32 Å². The molecule has 2 atom stereocenters. The van der Waals surface area contributed by atoms with E-state index in [1.807, 2.05) is 30.3 Å². The molecule has 4 aromatic rings. The monoisotopic (exact) mass is 516 g/mol. The first-order chi connectivity index (χ1) is 17.6. The van der Waals surface area contributed by atoms with Crippen LogP contribution in [-0.4, -0.2) is 30.3 Å². The predicted molar refractivity (Wildman–Crippen MR) is 152 cm³/mol. The number of carboxylic acids is 1. The number of aryl methyl sites for hydroxylation is 1. The van der Waals surface area contributed by atoms with Crippen molar-refractivity contribution in [2.24, 2.45) is 0 Å². The molecule has 0 aliphatic carbocycles. The van der Waals surface area contributed by atoms with E-state index in [1.165, 1.54) is 16.3 Å². The molecule has 6 heteroatoms. The summed E-state index contributed by atoms with van der Waals surface area (Å²) in [6.07, 6.45) is 1.63. The molecule has 1 aliphatic rings. The Labute approximate surface area is 224 Å². The van der Waals surface area contributed by atoms with Crippen LogP contribution in [0.4, 0.5) is 11.4 Å². The van der Waals surface area contributed by atoms with Gasteiger partial charge in [-0.05, 0) is 72.5 Å². The number of fused-ring (bicyclic) bond motifs is 2. The number of aliphatic carboxylic acids is 1. The van der Waals surface area contributed by atoms with Crippen molar-refractivity contribution in [3.8, 4) is 5.75 Å². The van der Waals surface area contributed by atoms with Crippen LogP contribution < -0.4 is 15.0 Å². The van der Waals surface area contributed by atoms with E-state index in [1.54, 1.807) is 0 Å². The number of anilines is 2. The summed E-state index contributed by atoms with van der Waals surface area (Å²) >= 11 is 0. The van der Waals surface area contributed by atoms with Crippen molar-refractivity contribution in [3.63, 3.8) is 0 Å². The number of carbonyl (C=O) groups is 1. The summed E-state index contributed by atoms with van der Waals surface area (Å²) in [5.41, 5.74) is 4.49. The van der Waals surface area contributed by atoms with E-state index >= 15 is 0 Å². The van der Waals surface area contributed by atoms with Crippen molar-refractivity contribution >= 4 is 40.5 Å². The van der Waals surface area contributed by atoms with Gasteiger partial charge < -0.3 is 20.1 Å². The summed E-state index contributed by atoms with van der Waals surface area (Å²) in [7, 11) is 0. The Kier molecular flexibility index (Phi) is 8.70. The Hall–Kier alpha value is -3.54. The maximum atomic E-state index is 10.9. The number of ether oxygens (including phenoxy) is 1. The van der Waals surface area contributed by atoms with Crippen LogP contribution in [0.3, 0.4) is 0 Å².